The zero-order valence-corrected chi connectivity index (χ0v) is 17.7. The van der Waals surface area contributed by atoms with E-state index in [9.17, 15) is 4.79 Å². The van der Waals surface area contributed by atoms with E-state index in [1.165, 1.54) is 17.5 Å². The standard InChI is InChI=1S/C25H24N6O/c32-25(22-12-7-13-23(18-22)31-19-26-27-28-31)30-16-14-29(15-17-30)24(20-8-3-1-4-9-20)21-10-5-2-6-11-21/h1-13,18-19,24H,14-17H2. The molecule has 3 aromatic carbocycles. The van der Waals surface area contributed by atoms with Crippen LogP contribution in [-0.4, -0.2) is 62.1 Å². The van der Waals surface area contributed by atoms with E-state index in [0.717, 1.165) is 18.8 Å². The number of carbonyl (C=O) groups is 1. The van der Waals surface area contributed by atoms with Crippen molar-refractivity contribution in [1.29, 1.82) is 0 Å². The number of hydrogen-bond acceptors (Lipinski definition) is 5. The van der Waals surface area contributed by atoms with Crippen LogP contribution >= 0.6 is 0 Å². The molecule has 1 aliphatic heterocycles. The molecule has 0 aliphatic carbocycles. The molecule has 0 radical (unpaired) electrons. The highest BCUT2D eigenvalue weighted by Gasteiger charge is 2.28. The van der Waals surface area contributed by atoms with E-state index in [0.29, 0.717) is 18.7 Å². The normalized spacial score (nSPS) is 14.6. The summed E-state index contributed by atoms with van der Waals surface area (Å²) in [7, 11) is 0. The second kappa shape index (κ2) is 9.11. The summed E-state index contributed by atoms with van der Waals surface area (Å²) in [5.74, 6) is 0.0375. The fraction of sp³-hybridized carbons (Fsp3) is 0.200. The molecule has 2 heterocycles. The fourth-order valence-corrected chi connectivity index (χ4v) is 4.31. The lowest BCUT2D eigenvalue weighted by Crippen LogP contribution is -2.49. The number of carbonyl (C=O) groups excluding carboxylic acids is 1. The number of piperazine rings is 1. The molecule has 32 heavy (non-hydrogen) atoms. The number of nitrogens with zero attached hydrogens (tertiary/aromatic N) is 6. The molecule has 5 rings (SSSR count). The van der Waals surface area contributed by atoms with Crippen LogP contribution in [0.25, 0.3) is 5.69 Å². The van der Waals surface area contributed by atoms with E-state index >= 15 is 0 Å². The molecule has 0 saturated carbocycles. The van der Waals surface area contributed by atoms with Gasteiger partial charge in [-0.1, -0.05) is 66.7 Å². The van der Waals surface area contributed by atoms with Gasteiger partial charge in [-0.15, -0.1) is 5.10 Å². The minimum Gasteiger partial charge on any atom is -0.336 e. The van der Waals surface area contributed by atoms with Gasteiger partial charge in [0.05, 0.1) is 11.7 Å². The van der Waals surface area contributed by atoms with Gasteiger partial charge in [-0.3, -0.25) is 9.69 Å². The van der Waals surface area contributed by atoms with E-state index in [4.69, 9.17) is 0 Å². The van der Waals surface area contributed by atoms with Gasteiger partial charge in [0.15, 0.2) is 0 Å². The predicted molar refractivity (Wildman–Crippen MR) is 121 cm³/mol. The molecule has 0 atom stereocenters. The maximum atomic E-state index is 13.2. The Kier molecular flexibility index (Phi) is 5.72. The van der Waals surface area contributed by atoms with Crippen molar-refractivity contribution < 1.29 is 4.79 Å². The number of benzene rings is 3. The monoisotopic (exact) mass is 424 g/mol. The molecule has 7 nitrogen and oxygen atoms in total. The second-order valence-electron chi connectivity index (χ2n) is 7.86. The van der Waals surface area contributed by atoms with E-state index in [2.05, 4.69) is 69.0 Å². The van der Waals surface area contributed by atoms with Gasteiger partial charge in [0.25, 0.3) is 5.91 Å². The Balaban J connectivity index is 1.32. The Morgan fingerprint density at radius 1 is 0.781 bits per heavy atom. The Labute approximate surface area is 186 Å². The highest BCUT2D eigenvalue weighted by atomic mass is 16.2. The molecule has 0 bridgehead atoms. The van der Waals surface area contributed by atoms with Crippen LogP contribution in [0.2, 0.25) is 0 Å². The maximum absolute atomic E-state index is 13.2. The first kappa shape index (κ1) is 20.1. The predicted octanol–water partition coefficient (Wildman–Crippen LogP) is 3.21. The van der Waals surface area contributed by atoms with Gasteiger partial charge < -0.3 is 4.90 Å². The minimum absolute atomic E-state index is 0.0375. The van der Waals surface area contributed by atoms with Crippen molar-refractivity contribution in [2.75, 3.05) is 26.2 Å². The molecule has 0 spiro atoms. The summed E-state index contributed by atoms with van der Waals surface area (Å²) >= 11 is 0. The lowest BCUT2D eigenvalue weighted by Gasteiger charge is -2.39. The smallest absolute Gasteiger partial charge is 0.254 e. The van der Waals surface area contributed by atoms with Crippen LogP contribution in [0.1, 0.15) is 27.5 Å². The van der Waals surface area contributed by atoms with Crippen LogP contribution in [0, 0.1) is 0 Å². The molecule has 1 aliphatic rings. The molecule has 160 valence electrons. The van der Waals surface area contributed by atoms with E-state index < -0.39 is 0 Å². The molecule has 0 N–H and O–H groups in total. The number of tetrazole rings is 1. The van der Waals surface area contributed by atoms with Gasteiger partial charge in [-0.25, -0.2) is 4.68 Å². The van der Waals surface area contributed by atoms with E-state index in [1.807, 2.05) is 41.3 Å². The highest BCUT2D eigenvalue weighted by molar-refractivity contribution is 5.94. The first-order valence-corrected chi connectivity index (χ1v) is 10.8. The van der Waals surface area contributed by atoms with Crippen LogP contribution in [0.5, 0.6) is 0 Å². The van der Waals surface area contributed by atoms with Crippen LogP contribution in [0.15, 0.2) is 91.3 Å². The van der Waals surface area contributed by atoms with Crippen molar-refractivity contribution in [3.63, 3.8) is 0 Å². The molecule has 1 aromatic heterocycles. The average molecular weight is 425 g/mol. The molecule has 4 aromatic rings. The summed E-state index contributed by atoms with van der Waals surface area (Å²) in [6.45, 7) is 2.99. The number of hydrogen-bond donors (Lipinski definition) is 0. The quantitative estimate of drug-likeness (QED) is 0.492. The number of rotatable bonds is 5. The summed E-state index contributed by atoms with van der Waals surface area (Å²) in [6, 6.07) is 28.8. The lowest BCUT2D eigenvalue weighted by atomic mass is 9.96. The molecular weight excluding hydrogens is 400 g/mol. The Morgan fingerprint density at radius 3 is 2.03 bits per heavy atom. The number of amides is 1. The van der Waals surface area contributed by atoms with Crippen LogP contribution < -0.4 is 0 Å². The van der Waals surface area contributed by atoms with Crippen LogP contribution in [0.4, 0.5) is 0 Å². The minimum atomic E-state index is 0.0375. The van der Waals surface area contributed by atoms with Crippen molar-refractivity contribution in [2.24, 2.45) is 0 Å². The van der Waals surface area contributed by atoms with Gasteiger partial charge in [0, 0.05) is 31.7 Å². The first-order chi connectivity index (χ1) is 15.8. The Hall–Kier alpha value is -3.84. The van der Waals surface area contributed by atoms with Crippen molar-refractivity contribution in [2.45, 2.75) is 6.04 Å². The van der Waals surface area contributed by atoms with Crippen molar-refractivity contribution >= 4 is 5.91 Å². The largest absolute Gasteiger partial charge is 0.336 e. The maximum Gasteiger partial charge on any atom is 0.254 e. The van der Waals surface area contributed by atoms with Gasteiger partial charge in [0.2, 0.25) is 0 Å². The second-order valence-corrected chi connectivity index (χ2v) is 7.86. The number of aromatic nitrogens is 4. The van der Waals surface area contributed by atoms with E-state index in [1.54, 1.807) is 4.68 Å². The van der Waals surface area contributed by atoms with Gasteiger partial charge in [-0.2, -0.15) is 0 Å². The molecule has 1 saturated heterocycles. The first-order valence-electron chi connectivity index (χ1n) is 10.8. The SMILES string of the molecule is O=C(c1cccc(-n2cnnn2)c1)N1CCN(C(c2ccccc2)c2ccccc2)CC1. The summed E-state index contributed by atoms with van der Waals surface area (Å²) < 4.78 is 1.55. The van der Waals surface area contributed by atoms with Crippen LogP contribution in [0.3, 0.4) is 0 Å². The summed E-state index contributed by atoms with van der Waals surface area (Å²) in [5, 5.41) is 11.2. The molecule has 1 fully saturated rings. The topological polar surface area (TPSA) is 67.2 Å². The van der Waals surface area contributed by atoms with Gasteiger partial charge in [-0.05, 0) is 39.8 Å². The molecule has 1 amide bonds. The molecular formula is C25H24N6O. The summed E-state index contributed by atoms with van der Waals surface area (Å²) in [5.41, 5.74) is 3.96. The van der Waals surface area contributed by atoms with E-state index in [-0.39, 0.29) is 11.9 Å². The third-order valence-electron chi connectivity index (χ3n) is 5.90. The van der Waals surface area contributed by atoms with Gasteiger partial charge >= 0.3 is 0 Å². The third kappa shape index (κ3) is 4.15. The summed E-state index contributed by atoms with van der Waals surface area (Å²) in [4.78, 5) is 17.6. The summed E-state index contributed by atoms with van der Waals surface area (Å²) in [6.07, 6.45) is 1.52. The Bertz CT molecular complexity index is 1120. The zero-order valence-electron chi connectivity index (χ0n) is 17.7. The Morgan fingerprint density at radius 2 is 1.44 bits per heavy atom. The zero-order chi connectivity index (χ0) is 21.8. The third-order valence-corrected chi connectivity index (χ3v) is 5.90. The van der Waals surface area contributed by atoms with Gasteiger partial charge in [0.1, 0.15) is 6.33 Å². The van der Waals surface area contributed by atoms with Crippen molar-refractivity contribution in [3.8, 4) is 5.69 Å². The average Bonchev–Trinajstić information content (AvgIpc) is 3.41. The van der Waals surface area contributed by atoms with Crippen molar-refractivity contribution in [3.05, 3.63) is 108 Å². The lowest BCUT2D eigenvalue weighted by molar-refractivity contribution is 0.0597. The molecule has 0 unspecified atom stereocenters. The highest BCUT2D eigenvalue weighted by Crippen LogP contribution is 2.29. The van der Waals surface area contributed by atoms with Crippen LogP contribution in [-0.2, 0) is 0 Å². The fourth-order valence-electron chi connectivity index (χ4n) is 4.31. The van der Waals surface area contributed by atoms with Crippen molar-refractivity contribution in [1.82, 2.24) is 30.0 Å². The molecule has 7 heteroatoms.